The number of nitro groups is 1. The van der Waals surface area contributed by atoms with Gasteiger partial charge in [0.15, 0.2) is 4.90 Å². The first-order chi connectivity index (χ1) is 11.3. The van der Waals surface area contributed by atoms with Gasteiger partial charge in [-0.05, 0) is 32.8 Å². The molecule has 0 N–H and O–H groups in total. The molecule has 0 amide bonds. The van der Waals surface area contributed by atoms with Crippen LogP contribution in [-0.2, 0) is 10.0 Å². The Labute approximate surface area is 139 Å². The van der Waals surface area contributed by atoms with Gasteiger partial charge in [0.05, 0.1) is 16.7 Å². The summed E-state index contributed by atoms with van der Waals surface area (Å²) in [6.07, 6.45) is 1.30. The van der Waals surface area contributed by atoms with E-state index in [0.29, 0.717) is 30.8 Å². The Morgan fingerprint density at radius 1 is 1.33 bits per heavy atom. The third kappa shape index (κ3) is 2.59. The molecule has 0 unspecified atom stereocenters. The molecule has 1 aliphatic rings. The van der Waals surface area contributed by atoms with E-state index in [-0.39, 0.29) is 4.90 Å². The number of hydrogen-bond acceptors (Lipinski definition) is 6. The molecule has 9 heteroatoms. The predicted octanol–water partition coefficient (Wildman–Crippen LogP) is 2.73. The number of aromatic nitrogens is 1. The van der Waals surface area contributed by atoms with E-state index in [1.807, 2.05) is 0 Å². The SMILES string of the molecule is Cc1noc(C)c1[C@@H]1CCCN1S(=O)(=O)c1ccccc1[N+](=O)[O-]. The van der Waals surface area contributed by atoms with Gasteiger partial charge in [0.2, 0.25) is 10.0 Å². The van der Waals surface area contributed by atoms with E-state index in [1.54, 1.807) is 13.8 Å². The van der Waals surface area contributed by atoms with Crippen molar-refractivity contribution in [3.8, 4) is 0 Å². The van der Waals surface area contributed by atoms with Gasteiger partial charge in [-0.3, -0.25) is 10.1 Å². The van der Waals surface area contributed by atoms with Gasteiger partial charge in [0.1, 0.15) is 5.76 Å². The fraction of sp³-hybridized carbons (Fsp3) is 0.400. The smallest absolute Gasteiger partial charge is 0.289 e. The fourth-order valence-corrected chi connectivity index (χ4v) is 5.06. The van der Waals surface area contributed by atoms with Crippen LogP contribution >= 0.6 is 0 Å². The molecule has 0 spiro atoms. The van der Waals surface area contributed by atoms with Crippen molar-refractivity contribution in [2.24, 2.45) is 0 Å². The summed E-state index contributed by atoms with van der Waals surface area (Å²) in [5, 5.41) is 15.1. The maximum absolute atomic E-state index is 13.1. The molecule has 1 aromatic carbocycles. The average Bonchev–Trinajstić information content (AvgIpc) is 3.14. The number of sulfonamides is 1. The first-order valence-electron chi connectivity index (χ1n) is 7.52. The van der Waals surface area contributed by atoms with E-state index >= 15 is 0 Å². The van der Waals surface area contributed by atoms with Crippen molar-refractivity contribution in [2.45, 2.75) is 37.6 Å². The van der Waals surface area contributed by atoms with Crippen LogP contribution in [0.1, 0.15) is 35.9 Å². The highest BCUT2D eigenvalue weighted by atomic mass is 32.2. The summed E-state index contributed by atoms with van der Waals surface area (Å²) in [7, 11) is -4.00. The second-order valence-electron chi connectivity index (χ2n) is 5.74. The molecule has 1 saturated heterocycles. The minimum absolute atomic E-state index is 0.284. The lowest BCUT2D eigenvalue weighted by Gasteiger charge is -2.24. The summed E-state index contributed by atoms with van der Waals surface area (Å²) >= 11 is 0. The van der Waals surface area contributed by atoms with Gasteiger partial charge in [-0.1, -0.05) is 17.3 Å². The van der Waals surface area contributed by atoms with E-state index in [4.69, 9.17) is 4.52 Å². The Kier molecular flexibility index (Phi) is 4.14. The quantitative estimate of drug-likeness (QED) is 0.619. The monoisotopic (exact) mass is 351 g/mol. The highest BCUT2D eigenvalue weighted by molar-refractivity contribution is 7.89. The maximum atomic E-state index is 13.1. The molecule has 1 fully saturated rings. The molecule has 2 aromatic rings. The third-order valence-electron chi connectivity index (χ3n) is 4.27. The molecular formula is C15H17N3O5S. The van der Waals surface area contributed by atoms with Crippen LogP contribution in [0.5, 0.6) is 0 Å². The molecule has 0 aliphatic carbocycles. The fourth-order valence-electron chi connectivity index (χ4n) is 3.23. The summed E-state index contributed by atoms with van der Waals surface area (Å²) < 4.78 is 32.6. The van der Waals surface area contributed by atoms with E-state index < -0.39 is 26.7 Å². The maximum Gasteiger partial charge on any atom is 0.289 e. The van der Waals surface area contributed by atoms with Gasteiger partial charge in [0, 0.05) is 18.2 Å². The summed E-state index contributed by atoms with van der Waals surface area (Å²) in [5.74, 6) is 0.571. The summed E-state index contributed by atoms with van der Waals surface area (Å²) in [6, 6.07) is 5.00. The van der Waals surface area contributed by atoms with Crippen LogP contribution in [0.3, 0.4) is 0 Å². The normalized spacial score (nSPS) is 18.8. The number of hydrogen-bond donors (Lipinski definition) is 0. The lowest BCUT2D eigenvalue weighted by Crippen LogP contribution is -2.31. The first kappa shape index (κ1) is 16.6. The van der Waals surface area contributed by atoms with Crippen LogP contribution in [-0.4, -0.2) is 29.3 Å². The third-order valence-corrected chi connectivity index (χ3v) is 6.23. The Morgan fingerprint density at radius 3 is 2.67 bits per heavy atom. The number of rotatable bonds is 4. The molecule has 2 heterocycles. The largest absolute Gasteiger partial charge is 0.361 e. The molecule has 0 saturated carbocycles. The molecule has 0 radical (unpaired) electrons. The van der Waals surface area contributed by atoms with Gasteiger partial charge >= 0.3 is 0 Å². The van der Waals surface area contributed by atoms with Crippen molar-refractivity contribution in [3.63, 3.8) is 0 Å². The van der Waals surface area contributed by atoms with Crippen molar-refractivity contribution < 1.29 is 17.9 Å². The van der Waals surface area contributed by atoms with Gasteiger partial charge in [-0.15, -0.1) is 0 Å². The van der Waals surface area contributed by atoms with E-state index in [9.17, 15) is 18.5 Å². The molecule has 1 atom stereocenters. The Bertz CT molecular complexity index is 871. The van der Waals surface area contributed by atoms with Crippen molar-refractivity contribution in [1.29, 1.82) is 0 Å². The topological polar surface area (TPSA) is 107 Å². The zero-order chi connectivity index (χ0) is 17.5. The summed E-state index contributed by atoms with van der Waals surface area (Å²) in [6.45, 7) is 3.81. The van der Waals surface area contributed by atoms with Crippen molar-refractivity contribution in [2.75, 3.05) is 6.54 Å². The number of benzene rings is 1. The van der Waals surface area contributed by atoms with Crippen LogP contribution in [0.4, 0.5) is 5.69 Å². The van der Waals surface area contributed by atoms with E-state index in [1.165, 1.54) is 28.6 Å². The molecule has 1 aromatic heterocycles. The first-order valence-corrected chi connectivity index (χ1v) is 8.96. The standard InChI is InChI=1S/C15H17N3O5S/c1-10-15(11(2)23-16-10)13-7-5-9-17(13)24(21,22)14-8-4-3-6-12(14)18(19)20/h3-4,6,8,13H,5,7,9H2,1-2H3/t13-/m0/s1. The second-order valence-corrected chi connectivity index (χ2v) is 7.60. The molecule has 24 heavy (non-hydrogen) atoms. The number of nitro benzene ring substituents is 1. The Balaban J connectivity index is 2.09. The van der Waals surface area contributed by atoms with Crippen molar-refractivity contribution >= 4 is 15.7 Å². The second kappa shape index (κ2) is 5.99. The van der Waals surface area contributed by atoms with Crippen molar-refractivity contribution in [1.82, 2.24) is 9.46 Å². The zero-order valence-corrected chi connectivity index (χ0v) is 14.1. The highest BCUT2D eigenvalue weighted by Gasteiger charge is 2.41. The average molecular weight is 351 g/mol. The number of para-hydroxylation sites is 1. The highest BCUT2D eigenvalue weighted by Crippen LogP contribution is 2.40. The Morgan fingerprint density at radius 2 is 2.04 bits per heavy atom. The zero-order valence-electron chi connectivity index (χ0n) is 13.3. The molecule has 0 bridgehead atoms. The van der Waals surface area contributed by atoms with Crippen LogP contribution in [0, 0.1) is 24.0 Å². The molecule has 128 valence electrons. The predicted molar refractivity (Wildman–Crippen MR) is 84.9 cm³/mol. The molecule has 8 nitrogen and oxygen atoms in total. The van der Waals surface area contributed by atoms with Gasteiger partial charge in [-0.25, -0.2) is 8.42 Å². The van der Waals surface area contributed by atoms with Gasteiger partial charge in [-0.2, -0.15) is 4.31 Å². The van der Waals surface area contributed by atoms with Gasteiger partial charge in [0.25, 0.3) is 5.69 Å². The molecular weight excluding hydrogens is 334 g/mol. The molecule has 3 rings (SSSR count). The van der Waals surface area contributed by atoms with Crippen molar-refractivity contribution in [3.05, 3.63) is 51.4 Å². The van der Waals surface area contributed by atoms with E-state index in [2.05, 4.69) is 5.16 Å². The van der Waals surface area contributed by atoms with Crippen LogP contribution in [0.15, 0.2) is 33.7 Å². The molecule has 1 aliphatic heterocycles. The lowest BCUT2D eigenvalue weighted by molar-refractivity contribution is -0.387. The van der Waals surface area contributed by atoms with Crippen LogP contribution in [0.2, 0.25) is 0 Å². The van der Waals surface area contributed by atoms with Gasteiger partial charge < -0.3 is 4.52 Å². The summed E-state index contributed by atoms with van der Waals surface area (Å²) in [5.41, 5.74) is 0.971. The minimum Gasteiger partial charge on any atom is -0.361 e. The number of nitrogens with zero attached hydrogens (tertiary/aromatic N) is 3. The Hall–Kier alpha value is -2.26. The van der Waals surface area contributed by atoms with E-state index in [0.717, 1.165) is 5.56 Å². The number of aryl methyl sites for hydroxylation is 2. The van der Waals surface area contributed by atoms with Crippen LogP contribution < -0.4 is 0 Å². The lowest BCUT2D eigenvalue weighted by atomic mass is 10.0. The van der Waals surface area contributed by atoms with Crippen LogP contribution in [0.25, 0.3) is 0 Å². The summed E-state index contributed by atoms with van der Waals surface area (Å²) in [4.78, 5) is 10.2. The minimum atomic E-state index is -4.00.